The van der Waals surface area contributed by atoms with Crippen LogP contribution in [0, 0.1) is 5.82 Å². The molecule has 1 fully saturated rings. The fourth-order valence-electron chi connectivity index (χ4n) is 2.57. The van der Waals surface area contributed by atoms with E-state index in [1.165, 1.54) is 28.8 Å². The van der Waals surface area contributed by atoms with Gasteiger partial charge in [-0.05, 0) is 49.2 Å². The molecule has 1 saturated heterocycles. The van der Waals surface area contributed by atoms with Crippen LogP contribution in [0.2, 0.25) is 0 Å². The van der Waals surface area contributed by atoms with Gasteiger partial charge >= 0.3 is 5.97 Å². The van der Waals surface area contributed by atoms with Crippen LogP contribution >= 0.6 is 24.0 Å². The second kappa shape index (κ2) is 8.49. The molecule has 3 rings (SSSR count). The van der Waals surface area contributed by atoms with Gasteiger partial charge in [0.05, 0.1) is 4.91 Å². The molecular weight excluding hydrogens is 389 g/mol. The molecule has 0 bridgehead atoms. The molecule has 0 saturated carbocycles. The molecule has 0 radical (unpaired) electrons. The number of nitrogens with zero attached hydrogens (tertiary/aromatic N) is 1. The molecule has 1 amide bonds. The number of rotatable bonds is 7. The molecule has 1 aliphatic rings. The number of hydrogen-bond acceptors (Lipinski definition) is 5. The number of carbonyl (C=O) groups excluding carboxylic acids is 1. The summed E-state index contributed by atoms with van der Waals surface area (Å²) in [6.07, 6.45) is 2.76. The molecule has 5 nitrogen and oxygen atoms in total. The van der Waals surface area contributed by atoms with E-state index in [9.17, 15) is 14.0 Å². The predicted octanol–water partition coefficient (Wildman–Crippen LogP) is 4.54. The van der Waals surface area contributed by atoms with Gasteiger partial charge in [-0.2, -0.15) is 0 Å². The summed E-state index contributed by atoms with van der Waals surface area (Å²) >= 11 is 6.44. The van der Waals surface area contributed by atoms with Crippen molar-refractivity contribution in [3.63, 3.8) is 0 Å². The first-order valence-corrected chi connectivity index (χ1v) is 9.49. The Bertz CT molecular complexity index is 905. The third-order valence-electron chi connectivity index (χ3n) is 3.92. The van der Waals surface area contributed by atoms with E-state index in [4.69, 9.17) is 21.7 Å². The first-order valence-electron chi connectivity index (χ1n) is 8.27. The highest BCUT2D eigenvalue weighted by Gasteiger charge is 2.31. The Morgan fingerprint density at radius 1 is 1.22 bits per heavy atom. The molecule has 1 N–H and O–H groups in total. The van der Waals surface area contributed by atoms with Gasteiger partial charge in [0.15, 0.2) is 0 Å². The van der Waals surface area contributed by atoms with Crippen LogP contribution in [-0.2, 0) is 9.59 Å². The van der Waals surface area contributed by atoms with E-state index < -0.39 is 5.97 Å². The third-order valence-corrected chi connectivity index (χ3v) is 5.30. The van der Waals surface area contributed by atoms with Crippen LogP contribution < -0.4 is 0 Å². The number of thiocarbonyl (C=S) groups is 1. The zero-order valence-corrected chi connectivity index (χ0v) is 15.8. The first kappa shape index (κ1) is 19.3. The molecular formula is C19H16FNO4S2. The van der Waals surface area contributed by atoms with E-state index >= 15 is 0 Å². The van der Waals surface area contributed by atoms with Crippen LogP contribution in [0.1, 0.15) is 25.0 Å². The fraction of sp³-hybridized carbons (Fsp3) is 0.211. The van der Waals surface area contributed by atoms with Gasteiger partial charge in [0, 0.05) is 24.6 Å². The molecule has 27 heavy (non-hydrogen) atoms. The van der Waals surface area contributed by atoms with E-state index in [0.29, 0.717) is 40.1 Å². The van der Waals surface area contributed by atoms with Gasteiger partial charge in [-0.25, -0.2) is 4.39 Å². The number of carboxylic acid groups (broad SMARTS) is 1. The Balaban J connectivity index is 1.67. The van der Waals surface area contributed by atoms with Crippen molar-refractivity contribution in [2.75, 3.05) is 6.54 Å². The maximum Gasteiger partial charge on any atom is 0.303 e. The van der Waals surface area contributed by atoms with Crippen LogP contribution in [-0.4, -0.2) is 32.7 Å². The monoisotopic (exact) mass is 405 g/mol. The Morgan fingerprint density at radius 3 is 2.67 bits per heavy atom. The van der Waals surface area contributed by atoms with Gasteiger partial charge in [0.25, 0.3) is 5.91 Å². The van der Waals surface area contributed by atoms with Gasteiger partial charge in [-0.3, -0.25) is 14.5 Å². The van der Waals surface area contributed by atoms with Crippen molar-refractivity contribution in [3.8, 4) is 11.3 Å². The van der Waals surface area contributed by atoms with E-state index in [1.807, 2.05) is 0 Å². The second-order valence-corrected chi connectivity index (χ2v) is 7.57. The number of carboxylic acids is 1. The van der Waals surface area contributed by atoms with Crippen molar-refractivity contribution in [1.82, 2.24) is 4.90 Å². The second-order valence-electron chi connectivity index (χ2n) is 5.89. The van der Waals surface area contributed by atoms with Crippen molar-refractivity contribution in [2.24, 2.45) is 0 Å². The summed E-state index contributed by atoms with van der Waals surface area (Å²) in [5.74, 6) is -0.307. The molecule has 0 atom stereocenters. The Labute approximate surface area is 164 Å². The molecule has 140 valence electrons. The molecule has 8 heteroatoms. The average molecular weight is 405 g/mol. The number of amides is 1. The summed E-state index contributed by atoms with van der Waals surface area (Å²) in [5.41, 5.74) is 0.738. The summed E-state index contributed by atoms with van der Waals surface area (Å²) in [5, 5.41) is 8.66. The topological polar surface area (TPSA) is 70.8 Å². The number of carbonyl (C=O) groups is 2. The summed E-state index contributed by atoms with van der Waals surface area (Å²) < 4.78 is 19.2. The van der Waals surface area contributed by atoms with E-state index in [0.717, 1.165) is 5.56 Å². The van der Waals surface area contributed by atoms with Crippen LogP contribution in [0.4, 0.5) is 4.39 Å². The number of halogens is 1. The first-order chi connectivity index (χ1) is 12.9. The number of benzene rings is 1. The molecule has 1 aromatic carbocycles. The zero-order chi connectivity index (χ0) is 19.4. The van der Waals surface area contributed by atoms with Crippen molar-refractivity contribution in [3.05, 3.63) is 52.9 Å². The van der Waals surface area contributed by atoms with E-state index in [1.54, 1.807) is 30.3 Å². The fourth-order valence-corrected chi connectivity index (χ4v) is 3.86. The minimum Gasteiger partial charge on any atom is -0.481 e. The summed E-state index contributed by atoms with van der Waals surface area (Å²) in [7, 11) is 0. The predicted molar refractivity (Wildman–Crippen MR) is 105 cm³/mol. The van der Waals surface area contributed by atoms with Gasteiger partial charge in [0.1, 0.15) is 21.7 Å². The van der Waals surface area contributed by atoms with Crippen LogP contribution in [0.3, 0.4) is 0 Å². The normalized spacial score (nSPS) is 15.7. The number of hydrogen-bond donors (Lipinski definition) is 1. The molecule has 0 aliphatic carbocycles. The lowest BCUT2D eigenvalue weighted by atomic mass is 10.2. The third kappa shape index (κ3) is 4.84. The Kier molecular flexibility index (Phi) is 6.08. The lowest BCUT2D eigenvalue weighted by molar-refractivity contribution is -0.137. The number of aliphatic carboxylic acids is 1. The highest BCUT2D eigenvalue weighted by molar-refractivity contribution is 8.26. The summed E-state index contributed by atoms with van der Waals surface area (Å²) in [4.78, 5) is 25.0. The average Bonchev–Trinajstić information content (AvgIpc) is 3.19. The Morgan fingerprint density at radius 2 is 1.96 bits per heavy atom. The highest BCUT2D eigenvalue weighted by Crippen LogP contribution is 2.33. The quantitative estimate of drug-likeness (QED) is 0.414. The van der Waals surface area contributed by atoms with Crippen LogP contribution in [0.15, 0.2) is 45.7 Å². The smallest absolute Gasteiger partial charge is 0.303 e. The molecule has 2 heterocycles. The molecule has 1 aliphatic heterocycles. The molecule has 0 unspecified atom stereocenters. The van der Waals surface area contributed by atoms with Crippen molar-refractivity contribution < 1.29 is 23.5 Å². The lowest BCUT2D eigenvalue weighted by Crippen LogP contribution is -2.29. The van der Waals surface area contributed by atoms with E-state index in [-0.39, 0.29) is 18.1 Å². The van der Waals surface area contributed by atoms with Gasteiger partial charge < -0.3 is 9.52 Å². The van der Waals surface area contributed by atoms with Crippen molar-refractivity contribution >= 4 is 46.3 Å². The largest absolute Gasteiger partial charge is 0.481 e. The SMILES string of the molecule is O=C(O)CCCCN1C(=O)/C(=C\c2ccc(-c3ccc(F)cc3)o2)SC1=S. The molecule has 0 spiro atoms. The number of unbranched alkanes of at least 4 members (excludes halogenated alkanes) is 1. The standard InChI is InChI=1S/C19H16FNO4S2/c20-13-6-4-12(5-7-13)15-9-8-14(25-15)11-16-18(24)21(19(26)27-16)10-2-1-3-17(22)23/h4-9,11H,1-3,10H2,(H,22,23)/b16-11+. The molecule has 1 aromatic heterocycles. The summed E-state index contributed by atoms with van der Waals surface area (Å²) in [6.45, 7) is 0.397. The van der Waals surface area contributed by atoms with Crippen molar-refractivity contribution in [1.29, 1.82) is 0 Å². The zero-order valence-electron chi connectivity index (χ0n) is 14.2. The lowest BCUT2D eigenvalue weighted by Gasteiger charge is -2.13. The number of furan rings is 1. The van der Waals surface area contributed by atoms with Gasteiger partial charge in [-0.1, -0.05) is 24.0 Å². The van der Waals surface area contributed by atoms with Crippen molar-refractivity contribution in [2.45, 2.75) is 19.3 Å². The van der Waals surface area contributed by atoms with Crippen LogP contribution in [0.25, 0.3) is 17.4 Å². The van der Waals surface area contributed by atoms with E-state index in [2.05, 4.69) is 0 Å². The highest BCUT2D eigenvalue weighted by atomic mass is 32.2. The number of thioether (sulfide) groups is 1. The Hall–Kier alpha value is -2.45. The van der Waals surface area contributed by atoms with Crippen LogP contribution in [0.5, 0.6) is 0 Å². The van der Waals surface area contributed by atoms with Gasteiger partial charge in [-0.15, -0.1) is 0 Å². The summed E-state index contributed by atoms with van der Waals surface area (Å²) in [6, 6.07) is 9.44. The molecule has 2 aromatic rings. The minimum atomic E-state index is -0.852. The minimum absolute atomic E-state index is 0.0726. The maximum absolute atomic E-state index is 13.0. The van der Waals surface area contributed by atoms with Gasteiger partial charge in [0.2, 0.25) is 0 Å². The maximum atomic E-state index is 13.0.